The lowest BCUT2D eigenvalue weighted by Gasteiger charge is -2.43. The van der Waals surface area contributed by atoms with Gasteiger partial charge in [0.05, 0.1) is 5.60 Å². The van der Waals surface area contributed by atoms with Gasteiger partial charge in [-0.2, -0.15) is 0 Å². The van der Waals surface area contributed by atoms with Crippen LogP contribution in [0.15, 0.2) is 24.4 Å². The molecule has 1 N–H and O–H groups in total. The van der Waals surface area contributed by atoms with Crippen molar-refractivity contribution in [2.24, 2.45) is 0 Å². The second-order valence-electron chi connectivity index (χ2n) is 8.32. The molecule has 1 spiro atoms. The van der Waals surface area contributed by atoms with Crippen LogP contribution in [0.3, 0.4) is 0 Å². The highest BCUT2D eigenvalue weighted by Gasteiger charge is 2.39. The molecule has 5 heteroatoms. The molecule has 2 fully saturated rings. The number of ether oxygens (including phenoxy) is 1. The van der Waals surface area contributed by atoms with Gasteiger partial charge in [-0.25, -0.2) is 9.97 Å². The average Bonchev–Trinajstić information content (AvgIpc) is 3.18. The van der Waals surface area contributed by atoms with E-state index in [1.54, 1.807) is 0 Å². The summed E-state index contributed by atoms with van der Waals surface area (Å²) in [6.07, 6.45) is 13.7. The van der Waals surface area contributed by atoms with Gasteiger partial charge in [-0.3, -0.25) is 4.98 Å². The number of aromatic nitrogens is 3. The third-order valence-corrected chi connectivity index (χ3v) is 6.43. The Balaban J connectivity index is 1.42. The number of hydrogen-bond acceptors (Lipinski definition) is 5. The zero-order chi connectivity index (χ0) is 18.1. The highest BCUT2D eigenvalue weighted by molar-refractivity contribution is 5.58. The molecule has 5 rings (SSSR count). The molecule has 1 atom stereocenters. The van der Waals surface area contributed by atoms with E-state index >= 15 is 0 Å². The second kappa shape index (κ2) is 7.19. The third kappa shape index (κ3) is 3.45. The quantitative estimate of drug-likeness (QED) is 0.879. The fourth-order valence-corrected chi connectivity index (χ4v) is 5.05. The fourth-order valence-electron chi connectivity index (χ4n) is 5.05. The molecular formula is C22H28N4O. The summed E-state index contributed by atoms with van der Waals surface area (Å²) in [4.78, 5) is 14.2. The van der Waals surface area contributed by atoms with Gasteiger partial charge in [0.2, 0.25) is 0 Å². The SMILES string of the molecule is c1ccc(-c2nc3c(c(NC4CCOC5(CCCCC5)C4)n2)CCC3)nc1. The molecule has 0 amide bonds. The van der Waals surface area contributed by atoms with E-state index in [1.807, 2.05) is 24.4 Å². The first kappa shape index (κ1) is 17.1. The molecule has 1 unspecified atom stereocenters. The molecule has 1 aliphatic heterocycles. The number of fused-ring (bicyclic) bond motifs is 1. The van der Waals surface area contributed by atoms with Crippen molar-refractivity contribution in [2.75, 3.05) is 11.9 Å². The Hall–Kier alpha value is -2.01. The molecule has 2 aromatic heterocycles. The first-order valence-electron chi connectivity index (χ1n) is 10.5. The molecule has 3 heterocycles. The zero-order valence-electron chi connectivity index (χ0n) is 15.9. The molecule has 1 saturated heterocycles. The Morgan fingerprint density at radius 1 is 1.04 bits per heavy atom. The van der Waals surface area contributed by atoms with Crippen molar-refractivity contribution in [3.05, 3.63) is 35.7 Å². The zero-order valence-corrected chi connectivity index (χ0v) is 15.9. The van der Waals surface area contributed by atoms with Crippen molar-refractivity contribution in [2.45, 2.75) is 75.9 Å². The van der Waals surface area contributed by atoms with Crippen LogP contribution in [0, 0.1) is 0 Å². The predicted octanol–water partition coefficient (Wildman–Crippen LogP) is 4.32. The summed E-state index contributed by atoms with van der Waals surface area (Å²) >= 11 is 0. The van der Waals surface area contributed by atoms with E-state index < -0.39 is 0 Å². The fraction of sp³-hybridized carbons (Fsp3) is 0.591. The van der Waals surface area contributed by atoms with Gasteiger partial charge in [0.1, 0.15) is 11.5 Å². The van der Waals surface area contributed by atoms with Crippen LogP contribution >= 0.6 is 0 Å². The van der Waals surface area contributed by atoms with E-state index in [4.69, 9.17) is 14.7 Å². The highest BCUT2D eigenvalue weighted by Crippen LogP contribution is 2.40. The van der Waals surface area contributed by atoms with Crippen LogP contribution in [0.4, 0.5) is 5.82 Å². The molecule has 0 bridgehead atoms. The normalized spacial score (nSPS) is 23.9. The number of nitrogens with one attached hydrogen (secondary N) is 1. The third-order valence-electron chi connectivity index (χ3n) is 6.43. The van der Waals surface area contributed by atoms with Crippen molar-refractivity contribution in [3.8, 4) is 11.5 Å². The van der Waals surface area contributed by atoms with Crippen LogP contribution in [-0.2, 0) is 17.6 Å². The molecule has 1 saturated carbocycles. The monoisotopic (exact) mass is 364 g/mol. The molecule has 5 nitrogen and oxygen atoms in total. The maximum atomic E-state index is 6.28. The van der Waals surface area contributed by atoms with Crippen LogP contribution < -0.4 is 5.32 Å². The van der Waals surface area contributed by atoms with E-state index in [1.165, 1.54) is 49.8 Å². The Kier molecular flexibility index (Phi) is 4.56. The van der Waals surface area contributed by atoms with E-state index in [0.29, 0.717) is 6.04 Å². The van der Waals surface area contributed by atoms with Crippen LogP contribution in [0.1, 0.15) is 62.6 Å². The maximum absolute atomic E-state index is 6.28. The largest absolute Gasteiger partial charge is 0.375 e. The Morgan fingerprint density at radius 2 is 1.96 bits per heavy atom. The van der Waals surface area contributed by atoms with Gasteiger partial charge in [-0.15, -0.1) is 0 Å². The first-order chi connectivity index (χ1) is 13.3. The van der Waals surface area contributed by atoms with Crippen LogP contribution in [-0.4, -0.2) is 33.2 Å². The topological polar surface area (TPSA) is 59.9 Å². The molecule has 2 aliphatic carbocycles. The Morgan fingerprint density at radius 3 is 2.81 bits per heavy atom. The highest BCUT2D eigenvalue weighted by atomic mass is 16.5. The summed E-state index contributed by atoms with van der Waals surface area (Å²) in [7, 11) is 0. The summed E-state index contributed by atoms with van der Waals surface area (Å²) in [6, 6.07) is 6.36. The van der Waals surface area contributed by atoms with E-state index in [2.05, 4.69) is 10.3 Å². The number of nitrogens with zero attached hydrogens (tertiary/aromatic N) is 3. The van der Waals surface area contributed by atoms with Gasteiger partial charge in [-0.05, 0) is 57.1 Å². The van der Waals surface area contributed by atoms with Crippen LogP contribution in [0.25, 0.3) is 11.5 Å². The van der Waals surface area contributed by atoms with E-state index in [-0.39, 0.29) is 5.60 Å². The molecule has 0 aromatic carbocycles. The minimum Gasteiger partial charge on any atom is -0.375 e. The number of pyridine rings is 1. The van der Waals surface area contributed by atoms with E-state index in [0.717, 1.165) is 49.6 Å². The van der Waals surface area contributed by atoms with Gasteiger partial charge >= 0.3 is 0 Å². The molecule has 142 valence electrons. The van der Waals surface area contributed by atoms with Crippen molar-refractivity contribution < 1.29 is 4.74 Å². The summed E-state index contributed by atoms with van der Waals surface area (Å²) < 4.78 is 6.28. The average molecular weight is 364 g/mol. The summed E-state index contributed by atoms with van der Waals surface area (Å²) in [5.41, 5.74) is 3.48. The minimum atomic E-state index is 0.105. The summed E-state index contributed by atoms with van der Waals surface area (Å²) in [5.74, 6) is 1.79. The number of anilines is 1. The summed E-state index contributed by atoms with van der Waals surface area (Å²) in [6.45, 7) is 0.859. The smallest absolute Gasteiger partial charge is 0.180 e. The van der Waals surface area contributed by atoms with Crippen molar-refractivity contribution >= 4 is 5.82 Å². The lowest BCUT2D eigenvalue weighted by Crippen LogP contribution is -2.45. The van der Waals surface area contributed by atoms with Gasteiger partial charge < -0.3 is 10.1 Å². The number of rotatable bonds is 3. The van der Waals surface area contributed by atoms with Crippen molar-refractivity contribution in [1.29, 1.82) is 0 Å². The van der Waals surface area contributed by atoms with Gasteiger partial charge in [0.25, 0.3) is 0 Å². The van der Waals surface area contributed by atoms with Gasteiger partial charge in [0.15, 0.2) is 5.82 Å². The predicted molar refractivity (Wildman–Crippen MR) is 106 cm³/mol. The van der Waals surface area contributed by atoms with E-state index in [9.17, 15) is 0 Å². The number of aryl methyl sites for hydroxylation is 1. The van der Waals surface area contributed by atoms with Crippen LogP contribution in [0.5, 0.6) is 0 Å². The summed E-state index contributed by atoms with van der Waals surface area (Å²) in [5, 5.41) is 3.80. The first-order valence-corrected chi connectivity index (χ1v) is 10.5. The standard InChI is InChI=1S/C22H28N4O/c1-3-11-22(12-4-1)15-16(10-14-27-22)24-20-17-7-6-9-18(17)25-21(26-20)19-8-2-5-13-23-19/h2,5,8,13,16H,1,3-4,6-7,9-12,14-15H2,(H,24,25,26). The molecule has 3 aliphatic rings. The molecular weight excluding hydrogens is 336 g/mol. The number of hydrogen-bond donors (Lipinski definition) is 1. The van der Waals surface area contributed by atoms with Crippen molar-refractivity contribution in [1.82, 2.24) is 15.0 Å². The lowest BCUT2D eigenvalue weighted by molar-refractivity contribution is -0.103. The Labute approximate surface area is 161 Å². The Bertz CT molecular complexity index is 796. The molecule has 2 aromatic rings. The lowest BCUT2D eigenvalue weighted by atomic mass is 9.78. The second-order valence-corrected chi connectivity index (χ2v) is 8.32. The van der Waals surface area contributed by atoms with Gasteiger partial charge in [0, 0.05) is 30.1 Å². The van der Waals surface area contributed by atoms with Crippen LogP contribution in [0.2, 0.25) is 0 Å². The molecule has 0 radical (unpaired) electrons. The molecule has 27 heavy (non-hydrogen) atoms. The minimum absolute atomic E-state index is 0.105. The van der Waals surface area contributed by atoms with Crippen molar-refractivity contribution in [3.63, 3.8) is 0 Å². The maximum Gasteiger partial charge on any atom is 0.180 e. The van der Waals surface area contributed by atoms with Gasteiger partial charge in [-0.1, -0.05) is 25.3 Å².